The van der Waals surface area contributed by atoms with Crippen LogP contribution in [0.15, 0.2) is 60.7 Å². The van der Waals surface area contributed by atoms with Gasteiger partial charge in [-0.05, 0) is 23.3 Å². The summed E-state index contributed by atoms with van der Waals surface area (Å²) in [7, 11) is 0. The van der Waals surface area contributed by atoms with Gasteiger partial charge >= 0.3 is 0 Å². The summed E-state index contributed by atoms with van der Waals surface area (Å²) in [4.78, 5) is 16.8. The summed E-state index contributed by atoms with van der Waals surface area (Å²) >= 11 is 1.63. The SMILES string of the molecule is N#Cc1ccc(CSCC(=O)N2CCN(C/C=C/c3ccccc3)CC2)cc1. The molecule has 0 bridgehead atoms. The van der Waals surface area contributed by atoms with E-state index in [9.17, 15) is 4.79 Å². The van der Waals surface area contributed by atoms with Crippen LogP contribution >= 0.6 is 11.8 Å². The van der Waals surface area contributed by atoms with Crippen molar-refractivity contribution in [2.24, 2.45) is 0 Å². The zero-order valence-corrected chi connectivity index (χ0v) is 16.8. The molecule has 4 nitrogen and oxygen atoms in total. The van der Waals surface area contributed by atoms with Gasteiger partial charge in [0.05, 0.1) is 17.4 Å². The number of nitriles is 1. The topological polar surface area (TPSA) is 47.3 Å². The lowest BCUT2D eigenvalue weighted by molar-refractivity contribution is -0.129. The van der Waals surface area contributed by atoms with Crippen molar-refractivity contribution in [2.45, 2.75) is 5.75 Å². The van der Waals surface area contributed by atoms with Crippen LogP contribution in [0.3, 0.4) is 0 Å². The summed E-state index contributed by atoms with van der Waals surface area (Å²) < 4.78 is 0. The van der Waals surface area contributed by atoms with Crippen molar-refractivity contribution >= 4 is 23.7 Å². The van der Waals surface area contributed by atoms with Crippen LogP contribution in [0, 0.1) is 11.3 Å². The zero-order valence-electron chi connectivity index (χ0n) is 16.0. The number of hydrogen-bond acceptors (Lipinski definition) is 4. The molecule has 2 aromatic rings. The number of amides is 1. The van der Waals surface area contributed by atoms with Gasteiger partial charge in [0.25, 0.3) is 0 Å². The van der Waals surface area contributed by atoms with E-state index < -0.39 is 0 Å². The molecule has 1 heterocycles. The Bertz CT molecular complexity index is 819. The molecule has 144 valence electrons. The highest BCUT2D eigenvalue weighted by Crippen LogP contribution is 2.14. The third-order valence-electron chi connectivity index (χ3n) is 4.78. The number of carbonyl (C=O) groups is 1. The second-order valence-electron chi connectivity index (χ2n) is 6.80. The van der Waals surface area contributed by atoms with Gasteiger partial charge in [-0.15, -0.1) is 11.8 Å². The molecule has 0 atom stereocenters. The van der Waals surface area contributed by atoms with Crippen LogP contribution < -0.4 is 0 Å². The fraction of sp³-hybridized carbons (Fsp3) is 0.304. The van der Waals surface area contributed by atoms with Gasteiger partial charge in [-0.25, -0.2) is 0 Å². The smallest absolute Gasteiger partial charge is 0.232 e. The maximum absolute atomic E-state index is 12.4. The van der Waals surface area contributed by atoms with Crippen molar-refractivity contribution < 1.29 is 4.79 Å². The van der Waals surface area contributed by atoms with Gasteiger partial charge in [0, 0.05) is 38.5 Å². The van der Waals surface area contributed by atoms with E-state index in [0.717, 1.165) is 44.0 Å². The third-order valence-corrected chi connectivity index (χ3v) is 5.76. The Hall–Kier alpha value is -2.55. The number of benzene rings is 2. The van der Waals surface area contributed by atoms with Crippen molar-refractivity contribution in [1.29, 1.82) is 5.26 Å². The molecular weight excluding hydrogens is 366 g/mol. The summed E-state index contributed by atoms with van der Waals surface area (Å²) in [5.41, 5.74) is 3.03. The molecule has 1 amide bonds. The van der Waals surface area contributed by atoms with E-state index in [1.807, 2.05) is 47.4 Å². The molecule has 0 spiro atoms. The molecule has 0 unspecified atom stereocenters. The predicted molar refractivity (Wildman–Crippen MR) is 116 cm³/mol. The fourth-order valence-electron chi connectivity index (χ4n) is 3.10. The first-order chi connectivity index (χ1) is 13.7. The van der Waals surface area contributed by atoms with Crippen molar-refractivity contribution in [1.82, 2.24) is 9.80 Å². The molecule has 3 rings (SSSR count). The Balaban J connectivity index is 1.34. The minimum atomic E-state index is 0.220. The highest BCUT2D eigenvalue weighted by molar-refractivity contribution is 7.99. The van der Waals surface area contributed by atoms with E-state index in [0.29, 0.717) is 11.3 Å². The van der Waals surface area contributed by atoms with E-state index in [-0.39, 0.29) is 5.91 Å². The molecule has 1 saturated heterocycles. The lowest BCUT2D eigenvalue weighted by Gasteiger charge is -2.34. The summed E-state index contributed by atoms with van der Waals surface area (Å²) in [5.74, 6) is 1.52. The molecule has 0 aliphatic carbocycles. The van der Waals surface area contributed by atoms with E-state index in [1.54, 1.807) is 11.8 Å². The normalized spacial score (nSPS) is 14.9. The minimum absolute atomic E-state index is 0.220. The number of thioether (sulfide) groups is 1. The Labute approximate surface area is 171 Å². The Kier molecular flexibility index (Phi) is 7.71. The van der Waals surface area contributed by atoms with E-state index in [2.05, 4.69) is 35.3 Å². The molecular formula is C23H25N3OS. The number of rotatable bonds is 7. The van der Waals surface area contributed by atoms with Gasteiger partial charge in [0.2, 0.25) is 5.91 Å². The van der Waals surface area contributed by atoms with Crippen LogP contribution in [0.2, 0.25) is 0 Å². The Morgan fingerprint density at radius 3 is 2.43 bits per heavy atom. The van der Waals surface area contributed by atoms with Crippen LogP contribution in [0.5, 0.6) is 0 Å². The minimum Gasteiger partial charge on any atom is -0.339 e. The van der Waals surface area contributed by atoms with Gasteiger partial charge in [-0.3, -0.25) is 9.69 Å². The van der Waals surface area contributed by atoms with E-state index in [4.69, 9.17) is 5.26 Å². The second-order valence-corrected chi connectivity index (χ2v) is 7.78. The van der Waals surface area contributed by atoms with Crippen molar-refractivity contribution in [2.75, 3.05) is 38.5 Å². The Morgan fingerprint density at radius 2 is 1.75 bits per heavy atom. The van der Waals surface area contributed by atoms with Crippen molar-refractivity contribution in [3.05, 3.63) is 77.4 Å². The molecule has 1 aliphatic heterocycles. The largest absolute Gasteiger partial charge is 0.339 e. The highest BCUT2D eigenvalue weighted by atomic mass is 32.2. The fourth-order valence-corrected chi connectivity index (χ4v) is 3.99. The van der Waals surface area contributed by atoms with Crippen LogP contribution in [-0.2, 0) is 10.5 Å². The van der Waals surface area contributed by atoms with Crippen LogP contribution in [0.25, 0.3) is 6.08 Å². The van der Waals surface area contributed by atoms with Gasteiger partial charge < -0.3 is 4.90 Å². The van der Waals surface area contributed by atoms with Crippen LogP contribution in [0.1, 0.15) is 16.7 Å². The summed E-state index contributed by atoms with van der Waals surface area (Å²) in [6.07, 6.45) is 4.34. The number of carbonyl (C=O) groups excluding carboxylic acids is 1. The summed E-state index contributed by atoms with van der Waals surface area (Å²) in [6.45, 7) is 4.37. The van der Waals surface area contributed by atoms with E-state index >= 15 is 0 Å². The quantitative estimate of drug-likeness (QED) is 0.723. The molecule has 0 aromatic heterocycles. The monoisotopic (exact) mass is 391 g/mol. The number of piperazine rings is 1. The summed E-state index contributed by atoms with van der Waals surface area (Å²) in [5, 5.41) is 8.83. The third kappa shape index (κ3) is 6.26. The molecule has 0 N–H and O–H groups in total. The maximum atomic E-state index is 12.4. The predicted octanol–water partition coefficient (Wildman–Crippen LogP) is 3.65. The molecule has 1 fully saturated rings. The maximum Gasteiger partial charge on any atom is 0.232 e. The van der Waals surface area contributed by atoms with E-state index in [1.165, 1.54) is 5.56 Å². The molecule has 0 saturated carbocycles. The standard InChI is InChI=1S/C23H25N3OS/c24-17-21-8-10-22(11-9-21)18-28-19-23(27)26-15-13-25(14-16-26)12-4-7-20-5-2-1-3-6-20/h1-11H,12-16,18-19H2/b7-4+. The summed E-state index contributed by atoms with van der Waals surface area (Å²) in [6, 6.07) is 20.0. The van der Waals surface area contributed by atoms with Crippen LogP contribution in [-0.4, -0.2) is 54.2 Å². The highest BCUT2D eigenvalue weighted by Gasteiger charge is 2.20. The van der Waals surface area contributed by atoms with Gasteiger partial charge in [0.15, 0.2) is 0 Å². The van der Waals surface area contributed by atoms with Crippen LogP contribution in [0.4, 0.5) is 0 Å². The second kappa shape index (κ2) is 10.7. The average Bonchev–Trinajstić information content (AvgIpc) is 2.75. The Morgan fingerprint density at radius 1 is 1.04 bits per heavy atom. The molecule has 1 aliphatic rings. The average molecular weight is 392 g/mol. The molecule has 0 radical (unpaired) electrons. The van der Waals surface area contributed by atoms with Crippen molar-refractivity contribution in [3.63, 3.8) is 0 Å². The lowest BCUT2D eigenvalue weighted by Crippen LogP contribution is -2.49. The first-order valence-corrected chi connectivity index (χ1v) is 10.7. The van der Waals surface area contributed by atoms with Crippen molar-refractivity contribution in [3.8, 4) is 6.07 Å². The zero-order chi connectivity index (χ0) is 19.6. The number of hydrogen-bond donors (Lipinski definition) is 0. The van der Waals surface area contributed by atoms with Gasteiger partial charge in [-0.2, -0.15) is 5.26 Å². The van der Waals surface area contributed by atoms with Gasteiger partial charge in [-0.1, -0.05) is 54.6 Å². The first-order valence-electron chi connectivity index (χ1n) is 9.53. The molecule has 28 heavy (non-hydrogen) atoms. The molecule has 2 aromatic carbocycles. The number of nitrogens with zero attached hydrogens (tertiary/aromatic N) is 3. The van der Waals surface area contributed by atoms with Gasteiger partial charge in [0.1, 0.15) is 0 Å². The lowest BCUT2D eigenvalue weighted by atomic mass is 10.2. The first kappa shape index (κ1) is 20.2. The molecule has 5 heteroatoms.